The van der Waals surface area contributed by atoms with E-state index in [9.17, 15) is 9.59 Å². The van der Waals surface area contributed by atoms with E-state index in [2.05, 4.69) is 17.1 Å². The lowest BCUT2D eigenvalue weighted by Crippen LogP contribution is -2.47. The number of amides is 1. The second-order valence-electron chi connectivity index (χ2n) is 5.09. The van der Waals surface area contributed by atoms with Crippen LogP contribution in [-0.2, 0) is 0 Å². The van der Waals surface area contributed by atoms with Crippen LogP contribution in [0.5, 0.6) is 0 Å². The lowest BCUT2D eigenvalue weighted by atomic mass is 10.0. The summed E-state index contributed by atoms with van der Waals surface area (Å²) < 4.78 is 0. The van der Waals surface area contributed by atoms with E-state index in [1.165, 1.54) is 12.1 Å². The van der Waals surface area contributed by atoms with Crippen molar-refractivity contribution in [2.45, 2.75) is 25.8 Å². The van der Waals surface area contributed by atoms with E-state index in [1.807, 2.05) is 0 Å². The Kier molecular flexibility index (Phi) is 4.74. The zero-order chi connectivity index (χ0) is 14.5. The van der Waals surface area contributed by atoms with Gasteiger partial charge in [-0.15, -0.1) is 0 Å². The van der Waals surface area contributed by atoms with Crippen LogP contribution in [-0.4, -0.2) is 47.6 Å². The second-order valence-corrected chi connectivity index (χ2v) is 5.09. The molecule has 2 N–H and O–H groups in total. The first-order valence-electron chi connectivity index (χ1n) is 6.96. The first kappa shape index (κ1) is 14.5. The van der Waals surface area contributed by atoms with Crippen molar-refractivity contribution in [3.8, 4) is 0 Å². The number of carboxylic acids is 1. The molecule has 1 aliphatic heterocycles. The highest BCUT2D eigenvalue weighted by atomic mass is 16.4. The van der Waals surface area contributed by atoms with E-state index in [0.29, 0.717) is 5.56 Å². The highest BCUT2D eigenvalue weighted by Crippen LogP contribution is 2.11. The summed E-state index contributed by atoms with van der Waals surface area (Å²) in [6, 6.07) is 6.28. The van der Waals surface area contributed by atoms with E-state index < -0.39 is 5.97 Å². The van der Waals surface area contributed by atoms with Crippen LogP contribution >= 0.6 is 0 Å². The van der Waals surface area contributed by atoms with Gasteiger partial charge in [0.15, 0.2) is 0 Å². The van der Waals surface area contributed by atoms with Crippen molar-refractivity contribution < 1.29 is 14.7 Å². The number of carbonyl (C=O) groups is 2. The molecule has 0 saturated carbocycles. The third kappa shape index (κ3) is 3.57. The molecule has 1 aliphatic rings. The monoisotopic (exact) mass is 276 g/mol. The molecule has 1 atom stereocenters. The number of likely N-dealkylation sites (N-methyl/N-ethyl adjacent to an activating group) is 1. The first-order chi connectivity index (χ1) is 9.60. The standard InChI is InChI=1S/C15H20N2O3/c1-2-17-8-4-7-13(10-17)16-14(18)11-5-3-6-12(9-11)15(19)20/h3,5-6,9,13H,2,4,7-8,10H2,1H3,(H,16,18)(H,19,20). The zero-order valence-electron chi connectivity index (χ0n) is 11.6. The lowest BCUT2D eigenvalue weighted by molar-refractivity contribution is 0.0697. The smallest absolute Gasteiger partial charge is 0.335 e. The summed E-state index contributed by atoms with van der Waals surface area (Å²) in [5, 5.41) is 11.9. The maximum Gasteiger partial charge on any atom is 0.335 e. The van der Waals surface area contributed by atoms with Crippen molar-refractivity contribution in [1.29, 1.82) is 0 Å². The SMILES string of the molecule is CCN1CCCC(NC(=O)c2cccc(C(=O)O)c2)C1. The van der Waals surface area contributed by atoms with Gasteiger partial charge < -0.3 is 15.3 Å². The van der Waals surface area contributed by atoms with Gasteiger partial charge in [-0.1, -0.05) is 13.0 Å². The molecule has 5 heteroatoms. The van der Waals surface area contributed by atoms with Crippen LogP contribution in [0.4, 0.5) is 0 Å². The van der Waals surface area contributed by atoms with Gasteiger partial charge in [-0.25, -0.2) is 4.79 Å². The predicted molar refractivity (Wildman–Crippen MR) is 76.0 cm³/mol. The molecule has 20 heavy (non-hydrogen) atoms. The molecule has 0 bridgehead atoms. The molecule has 108 valence electrons. The molecule has 1 fully saturated rings. The van der Waals surface area contributed by atoms with Crippen LogP contribution in [0.3, 0.4) is 0 Å². The number of nitrogens with one attached hydrogen (secondary N) is 1. The summed E-state index contributed by atoms with van der Waals surface area (Å²) in [6.45, 7) is 5.04. The Morgan fingerprint density at radius 1 is 1.40 bits per heavy atom. The number of carbonyl (C=O) groups excluding carboxylic acids is 1. The van der Waals surface area contributed by atoms with Crippen LogP contribution in [0.1, 0.15) is 40.5 Å². The largest absolute Gasteiger partial charge is 0.478 e. The summed E-state index contributed by atoms with van der Waals surface area (Å²) in [5.74, 6) is -1.22. The van der Waals surface area contributed by atoms with Gasteiger partial charge in [0, 0.05) is 18.2 Å². The molecular weight excluding hydrogens is 256 g/mol. The van der Waals surface area contributed by atoms with Gasteiger partial charge in [0.2, 0.25) is 0 Å². The predicted octanol–water partition coefficient (Wildman–Crippen LogP) is 1.60. The quantitative estimate of drug-likeness (QED) is 0.876. The van der Waals surface area contributed by atoms with Crippen molar-refractivity contribution in [3.05, 3.63) is 35.4 Å². The second kappa shape index (κ2) is 6.52. The number of carboxylic acid groups (broad SMARTS) is 1. The van der Waals surface area contributed by atoms with Gasteiger partial charge >= 0.3 is 5.97 Å². The average molecular weight is 276 g/mol. The van der Waals surface area contributed by atoms with Gasteiger partial charge in [0.25, 0.3) is 5.91 Å². The third-order valence-electron chi connectivity index (χ3n) is 3.66. The van der Waals surface area contributed by atoms with Gasteiger partial charge in [0.05, 0.1) is 5.56 Å². The highest BCUT2D eigenvalue weighted by molar-refractivity contribution is 5.97. The fraction of sp³-hybridized carbons (Fsp3) is 0.467. The highest BCUT2D eigenvalue weighted by Gasteiger charge is 2.21. The minimum absolute atomic E-state index is 0.136. The zero-order valence-corrected chi connectivity index (χ0v) is 11.6. The topological polar surface area (TPSA) is 69.6 Å². The number of nitrogens with zero attached hydrogens (tertiary/aromatic N) is 1. The summed E-state index contributed by atoms with van der Waals surface area (Å²) in [7, 11) is 0. The molecule has 1 heterocycles. The molecule has 5 nitrogen and oxygen atoms in total. The molecule has 1 aromatic rings. The van der Waals surface area contributed by atoms with Gasteiger partial charge in [-0.2, -0.15) is 0 Å². The van der Waals surface area contributed by atoms with E-state index in [-0.39, 0.29) is 17.5 Å². The Balaban J connectivity index is 2.01. The average Bonchev–Trinajstić information content (AvgIpc) is 2.47. The third-order valence-corrected chi connectivity index (χ3v) is 3.66. The number of rotatable bonds is 4. The Morgan fingerprint density at radius 3 is 2.85 bits per heavy atom. The lowest BCUT2D eigenvalue weighted by Gasteiger charge is -2.32. The summed E-state index contributed by atoms with van der Waals surface area (Å²) in [5.41, 5.74) is 0.537. The van der Waals surface area contributed by atoms with Crippen LogP contribution in [0, 0.1) is 0 Å². The minimum Gasteiger partial charge on any atom is -0.478 e. The number of likely N-dealkylation sites (tertiary alicyclic amines) is 1. The van der Waals surface area contributed by atoms with Gasteiger partial charge in [0.1, 0.15) is 0 Å². The maximum atomic E-state index is 12.2. The Labute approximate surface area is 118 Å². The minimum atomic E-state index is -1.02. The number of aromatic carboxylic acids is 1. The van der Waals surface area contributed by atoms with E-state index in [4.69, 9.17) is 5.11 Å². The molecule has 2 rings (SSSR count). The van der Waals surface area contributed by atoms with E-state index in [0.717, 1.165) is 32.5 Å². The normalized spacial score (nSPS) is 19.6. The molecule has 1 amide bonds. The van der Waals surface area contributed by atoms with Crippen molar-refractivity contribution in [3.63, 3.8) is 0 Å². The number of benzene rings is 1. The van der Waals surface area contributed by atoms with Crippen LogP contribution < -0.4 is 5.32 Å². The number of hydrogen-bond acceptors (Lipinski definition) is 3. The molecule has 0 spiro atoms. The number of hydrogen-bond donors (Lipinski definition) is 2. The molecule has 1 unspecified atom stereocenters. The van der Waals surface area contributed by atoms with Crippen molar-refractivity contribution in [2.24, 2.45) is 0 Å². The molecule has 0 aromatic heterocycles. The van der Waals surface area contributed by atoms with Crippen molar-refractivity contribution in [2.75, 3.05) is 19.6 Å². The van der Waals surface area contributed by atoms with E-state index in [1.54, 1.807) is 12.1 Å². The van der Waals surface area contributed by atoms with Gasteiger partial charge in [-0.05, 0) is 44.1 Å². The molecule has 0 aliphatic carbocycles. The van der Waals surface area contributed by atoms with Crippen LogP contribution in [0.25, 0.3) is 0 Å². The van der Waals surface area contributed by atoms with Crippen molar-refractivity contribution >= 4 is 11.9 Å². The number of piperidine rings is 1. The summed E-state index contributed by atoms with van der Waals surface area (Å²) in [6.07, 6.45) is 2.05. The van der Waals surface area contributed by atoms with Crippen LogP contribution in [0.2, 0.25) is 0 Å². The summed E-state index contributed by atoms with van der Waals surface area (Å²) in [4.78, 5) is 25.4. The molecule has 1 saturated heterocycles. The summed E-state index contributed by atoms with van der Waals surface area (Å²) >= 11 is 0. The Morgan fingerprint density at radius 2 is 2.15 bits per heavy atom. The maximum absolute atomic E-state index is 12.2. The van der Waals surface area contributed by atoms with Gasteiger partial charge in [-0.3, -0.25) is 4.79 Å². The molecule has 1 aromatic carbocycles. The molecule has 0 radical (unpaired) electrons. The molecular formula is C15H20N2O3. The fourth-order valence-electron chi connectivity index (χ4n) is 2.52. The Hall–Kier alpha value is -1.88. The first-order valence-corrected chi connectivity index (χ1v) is 6.96. The van der Waals surface area contributed by atoms with E-state index >= 15 is 0 Å². The Bertz CT molecular complexity index is 502. The fourth-order valence-corrected chi connectivity index (χ4v) is 2.52. The van der Waals surface area contributed by atoms with Crippen molar-refractivity contribution in [1.82, 2.24) is 10.2 Å². The van der Waals surface area contributed by atoms with Crippen LogP contribution in [0.15, 0.2) is 24.3 Å².